The molecule has 11 heteroatoms. The third-order valence-corrected chi connectivity index (χ3v) is 6.65. The zero-order valence-corrected chi connectivity index (χ0v) is 20.5. The lowest BCUT2D eigenvalue weighted by atomic mass is 10.1. The van der Waals surface area contributed by atoms with Gasteiger partial charge in [0, 0.05) is 48.7 Å². The highest BCUT2D eigenvalue weighted by Crippen LogP contribution is 2.34. The fourth-order valence-corrected chi connectivity index (χ4v) is 4.67. The smallest absolute Gasteiger partial charge is 0.226 e. The number of piperidine rings is 1. The van der Waals surface area contributed by atoms with E-state index in [-0.39, 0.29) is 22.8 Å². The van der Waals surface area contributed by atoms with Crippen LogP contribution in [-0.2, 0) is 4.79 Å². The number of amides is 1. The number of imidazole rings is 1. The molecule has 188 valence electrons. The summed E-state index contributed by atoms with van der Waals surface area (Å²) in [6, 6.07) is 3.65. The molecule has 0 atom stereocenters. The number of nitrogens with one attached hydrogen (secondary N) is 3. The number of aromatic amines is 2. The number of fused-ring (bicyclic) bond motifs is 2. The minimum atomic E-state index is -0.507. The molecule has 6 heterocycles. The van der Waals surface area contributed by atoms with Gasteiger partial charge in [-0.1, -0.05) is 13.8 Å². The van der Waals surface area contributed by atoms with Crippen LogP contribution in [0.15, 0.2) is 36.9 Å². The number of rotatable bonds is 5. The molecular formula is C26H26FN9O. The Hall–Kier alpha value is -4.41. The maximum absolute atomic E-state index is 16.0. The van der Waals surface area contributed by atoms with Crippen molar-refractivity contribution < 1.29 is 9.18 Å². The van der Waals surface area contributed by atoms with Gasteiger partial charge < -0.3 is 15.2 Å². The number of anilines is 2. The summed E-state index contributed by atoms with van der Waals surface area (Å²) in [6.45, 7) is 5.54. The number of pyridine rings is 3. The molecule has 6 rings (SSSR count). The SMILES string of the molecule is CC(C)C(=O)Nc1cncc(-c2cnc3[nH]nc(-c4nc5c(N6CCCCC6)ccnc5[nH]4)c3c2F)c1. The topological polar surface area (TPSA) is 128 Å². The van der Waals surface area contributed by atoms with Gasteiger partial charge in [0.05, 0.1) is 23.0 Å². The Kier molecular flexibility index (Phi) is 5.74. The van der Waals surface area contributed by atoms with Crippen LogP contribution in [0.3, 0.4) is 0 Å². The molecule has 10 nitrogen and oxygen atoms in total. The van der Waals surface area contributed by atoms with E-state index in [4.69, 9.17) is 4.98 Å². The first-order valence-corrected chi connectivity index (χ1v) is 12.4. The highest BCUT2D eigenvalue weighted by atomic mass is 19.1. The maximum atomic E-state index is 16.0. The van der Waals surface area contributed by atoms with Crippen molar-refractivity contribution in [3.05, 3.63) is 42.7 Å². The number of aromatic nitrogens is 7. The molecule has 1 fully saturated rings. The number of nitrogens with zero attached hydrogens (tertiary/aromatic N) is 6. The Morgan fingerprint density at radius 1 is 1.11 bits per heavy atom. The fourth-order valence-electron chi connectivity index (χ4n) is 4.67. The molecule has 0 aliphatic carbocycles. The molecule has 3 N–H and O–H groups in total. The fraction of sp³-hybridized carbons (Fsp3) is 0.308. The molecule has 0 radical (unpaired) electrons. The molecule has 37 heavy (non-hydrogen) atoms. The summed E-state index contributed by atoms with van der Waals surface area (Å²) in [5, 5.41) is 10.2. The van der Waals surface area contributed by atoms with Gasteiger partial charge in [-0.05, 0) is 31.4 Å². The van der Waals surface area contributed by atoms with Crippen molar-refractivity contribution in [1.82, 2.24) is 35.1 Å². The van der Waals surface area contributed by atoms with E-state index in [1.54, 1.807) is 26.1 Å². The van der Waals surface area contributed by atoms with Gasteiger partial charge >= 0.3 is 0 Å². The van der Waals surface area contributed by atoms with Crippen LogP contribution < -0.4 is 10.2 Å². The van der Waals surface area contributed by atoms with Crippen LogP contribution in [0.25, 0.3) is 44.8 Å². The van der Waals surface area contributed by atoms with Gasteiger partial charge in [0.15, 0.2) is 17.1 Å². The van der Waals surface area contributed by atoms with Crippen molar-refractivity contribution in [3.8, 4) is 22.6 Å². The average Bonchev–Trinajstić information content (AvgIpc) is 3.54. The van der Waals surface area contributed by atoms with Gasteiger partial charge in [-0.2, -0.15) is 5.10 Å². The van der Waals surface area contributed by atoms with Gasteiger partial charge in [-0.3, -0.25) is 14.9 Å². The first kappa shape index (κ1) is 23.0. The summed E-state index contributed by atoms with van der Waals surface area (Å²) >= 11 is 0. The van der Waals surface area contributed by atoms with Gasteiger partial charge in [0.1, 0.15) is 17.0 Å². The summed E-state index contributed by atoms with van der Waals surface area (Å²) in [7, 11) is 0. The Labute approximate surface area is 211 Å². The second kappa shape index (κ2) is 9.23. The van der Waals surface area contributed by atoms with Gasteiger partial charge in [-0.25, -0.2) is 19.3 Å². The second-order valence-corrected chi connectivity index (χ2v) is 9.55. The lowest BCUT2D eigenvalue weighted by Crippen LogP contribution is -2.29. The molecule has 0 spiro atoms. The Bertz CT molecular complexity index is 1620. The summed E-state index contributed by atoms with van der Waals surface area (Å²) < 4.78 is 16.0. The third kappa shape index (κ3) is 4.15. The minimum absolute atomic E-state index is 0.146. The van der Waals surface area contributed by atoms with Crippen molar-refractivity contribution >= 4 is 39.5 Å². The standard InChI is InChI=1S/C26H26FN9O/c1-14(2)26(37)31-16-10-15(11-28-12-16)17-13-30-23-19(20(17)27)22(34-35-23)25-32-21-18(6-7-29-24(21)33-25)36-8-4-3-5-9-36/h6-7,10-14H,3-5,8-9H2,1-2H3,(H,31,37)(H,29,32,33)(H,30,34,35). The largest absolute Gasteiger partial charge is 0.370 e. The summed E-state index contributed by atoms with van der Waals surface area (Å²) in [4.78, 5) is 35.4. The highest BCUT2D eigenvalue weighted by molar-refractivity contribution is 5.96. The molecule has 5 aromatic rings. The minimum Gasteiger partial charge on any atom is -0.370 e. The molecule has 1 aliphatic heterocycles. The van der Waals surface area contributed by atoms with Crippen molar-refractivity contribution in [2.24, 2.45) is 5.92 Å². The molecule has 5 aromatic heterocycles. The van der Waals surface area contributed by atoms with E-state index in [2.05, 4.69) is 40.3 Å². The molecule has 1 amide bonds. The third-order valence-electron chi connectivity index (χ3n) is 6.65. The van der Waals surface area contributed by atoms with Crippen LogP contribution in [0.1, 0.15) is 33.1 Å². The Balaban J connectivity index is 1.42. The number of halogens is 1. The first-order chi connectivity index (χ1) is 18.0. The summed E-state index contributed by atoms with van der Waals surface area (Å²) in [5.74, 6) is -0.437. The van der Waals surface area contributed by atoms with E-state index in [9.17, 15) is 4.79 Å². The van der Waals surface area contributed by atoms with Crippen LogP contribution in [-0.4, -0.2) is 54.1 Å². The van der Waals surface area contributed by atoms with Crippen molar-refractivity contribution in [2.75, 3.05) is 23.3 Å². The first-order valence-electron chi connectivity index (χ1n) is 12.4. The van der Waals surface area contributed by atoms with E-state index in [0.29, 0.717) is 34.1 Å². The average molecular weight is 500 g/mol. The predicted molar refractivity (Wildman–Crippen MR) is 139 cm³/mol. The monoisotopic (exact) mass is 499 g/mol. The van der Waals surface area contributed by atoms with E-state index in [1.165, 1.54) is 25.0 Å². The molecule has 1 saturated heterocycles. The van der Waals surface area contributed by atoms with Crippen molar-refractivity contribution in [3.63, 3.8) is 0 Å². The number of H-pyrrole nitrogens is 2. The van der Waals surface area contributed by atoms with E-state index in [0.717, 1.165) is 37.1 Å². The van der Waals surface area contributed by atoms with Crippen LogP contribution >= 0.6 is 0 Å². The number of hydrogen-bond acceptors (Lipinski definition) is 7. The normalized spacial score (nSPS) is 14.1. The van der Waals surface area contributed by atoms with E-state index in [1.807, 2.05) is 6.07 Å². The number of carbonyl (C=O) groups excluding carboxylic acids is 1. The second-order valence-electron chi connectivity index (χ2n) is 9.55. The van der Waals surface area contributed by atoms with Crippen molar-refractivity contribution in [1.29, 1.82) is 0 Å². The quantitative estimate of drug-likeness (QED) is 0.320. The van der Waals surface area contributed by atoms with E-state index < -0.39 is 5.82 Å². The summed E-state index contributed by atoms with van der Waals surface area (Å²) in [6.07, 6.45) is 9.76. The number of hydrogen-bond donors (Lipinski definition) is 3. The maximum Gasteiger partial charge on any atom is 0.226 e. The zero-order chi connectivity index (χ0) is 25.5. The van der Waals surface area contributed by atoms with E-state index >= 15 is 4.39 Å². The number of carbonyl (C=O) groups is 1. The predicted octanol–water partition coefficient (Wildman–Crippen LogP) is 4.68. The van der Waals surface area contributed by atoms with Gasteiger partial charge in [0.2, 0.25) is 5.91 Å². The van der Waals surface area contributed by atoms with Crippen LogP contribution in [0.4, 0.5) is 15.8 Å². The lowest BCUT2D eigenvalue weighted by Gasteiger charge is -2.28. The van der Waals surface area contributed by atoms with Crippen LogP contribution in [0.5, 0.6) is 0 Å². The van der Waals surface area contributed by atoms with Gasteiger partial charge in [0.25, 0.3) is 0 Å². The van der Waals surface area contributed by atoms with Gasteiger partial charge in [-0.15, -0.1) is 0 Å². The van der Waals surface area contributed by atoms with Crippen LogP contribution in [0, 0.1) is 11.7 Å². The van der Waals surface area contributed by atoms with Crippen LogP contribution in [0.2, 0.25) is 0 Å². The highest BCUT2D eigenvalue weighted by Gasteiger charge is 2.23. The zero-order valence-electron chi connectivity index (χ0n) is 20.5. The Morgan fingerprint density at radius 3 is 2.76 bits per heavy atom. The molecule has 0 bridgehead atoms. The molecular weight excluding hydrogens is 473 g/mol. The lowest BCUT2D eigenvalue weighted by molar-refractivity contribution is -0.118. The Morgan fingerprint density at radius 2 is 1.95 bits per heavy atom. The molecule has 0 unspecified atom stereocenters. The summed E-state index contributed by atoms with van der Waals surface area (Å²) in [5.41, 5.74) is 4.20. The molecule has 0 saturated carbocycles. The molecule has 0 aromatic carbocycles. The van der Waals surface area contributed by atoms with Crippen molar-refractivity contribution in [2.45, 2.75) is 33.1 Å². The molecule has 1 aliphatic rings.